The Kier molecular flexibility index (Phi) is 8.04. The van der Waals surface area contributed by atoms with Gasteiger partial charge in [-0.05, 0) is 71.9 Å². The smallest absolute Gasteiger partial charge is 0.335 e. The Morgan fingerprint density at radius 2 is 1.84 bits per heavy atom. The minimum atomic E-state index is -1.02. The summed E-state index contributed by atoms with van der Waals surface area (Å²) in [6, 6.07) is 16.7. The fourth-order valence-corrected chi connectivity index (χ4v) is 4.56. The number of rotatable bonds is 8. The SMILES string of the molecule is O=C(CN1C(=O)S/C(=C/c2cc(Br)ccc2OCc2ccc(C(=O)O)cc2)C1=O)Nc1cccc(F)c1. The highest BCUT2D eigenvalue weighted by atomic mass is 79.9. The van der Waals surface area contributed by atoms with Gasteiger partial charge in [-0.25, -0.2) is 9.18 Å². The van der Waals surface area contributed by atoms with Crippen molar-refractivity contribution in [2.24, 2.45) is 0 Å². The number of imide groups is 1. The van der Waals surface area contributed by atoms with Gasteiger partial charge in [-0.1, -0.05) is 34.1 Å². The molecule has 0 aliphatic carbocycles. The van der Waals surface area contributed by atoms with Gasteiger partial charge in [0.2, 0.25) is 5.91 Å². The Bertz CT molecular complexity index is 1430. The molecule has 0 bridgehead atoms. The Hall–Kier alpha value is -3.96. The molecule has 1 fully saturated rings. The quantitative estimate of drug-likeness (QED) is 0.334. The van der Waals surface area contributed by atoms with Gasteiger partial charge >= 0.3 is 5.97 Å². The fourth-order valence-electron chi connectivity index (χ4n) is 3.36. The Morgan fingerprint density at radius 1 is 1.08 bits per heavy atom. The molecule has 2 N–H and O–H groups in total. The van der Waals surface area contributed by atoms with Crippen molar-refractivity contribution in [1.29, 1.82) is 0 Å². The number of hydrogen-bond donors (Lipinski definition) is 2. The summed E-state index contributed by atoms with van der Waals surface area (Å²) in [5.41, 5.74) is 1.63. The van der Waals surface area contributed by atoms with Crippen molar-refractivity contribution in [3.63, 3.8) is 0 Å². The normalized spacial score (nSPS) is 14.2. The van der Waals surface area contributed by atoms with Crippen LogP contribution in [0.3, 0.4) is 0 Å². The van der Waals surface area contributed by atoms with Gasteiger partial charge < -0.3 is 15.2 Å². The number of carbonyl (C=O) groups is 4. The fraction of sp³-hybridized carbons (Fsp3) is 0.0769. The zero-order valence-corrected chi connectivity index (χ0v) is 21.3. The molecule has 0 saturated carbocycles. The van der Waals surface area contributed by atoms with E-state index >= 15 is 0 Å². The molecule has 37 heavy (non-hydrogen) atoms. The number of benzene rings is 3. The molecule has 3 amide bonds. The lowest BCUT2D eigenvalue weighted by Crippen LogP contribution is -2.36. The van der Waals surface area contributed by atoms with Crippen LogP contribution >= 0.6 is 27.7 Å². The Labute approximate surface area is 223 Å². The molecule has 0 unspecified atom stereocenters. The van der Waals surface area contributed by atoms with Gasteiger partial charge in [0.15, 0.2) is 0 Å². The first-order valence-electron chi connectivity index (χ1n) is 10.7. The molecule has 8 nitrogen and oxygen atoms in total. The van der Waals surface area contributed by atoms with E-state index in [-0.39, 0.29) is 22.8 Å². The van der Waals surface area contributed by atoms with Gasteiger partial charge in [0.1, 0.15) is 24.7 Å². The number of anilines is 1. The lowest BCUT2D eigenvalue weighted by atomic mass is 10.1. The predicted octanol–water partition coefficient (Wildman–Crippen LogP) is 5.54. The minimum absolute atomic E-state index is 0.109. The summed E-state index contributed by atoms with van der Waals surface area (Å²) in [7, 11) is 0. The van der Waals surface area contributed by atoms with Crippen LogP contribution in [0.25, 0.3) is 6.08 Å². The molecule has 0 spiro atoms. The second-order valence-corrected chi connectivity index (χ2v) is 9.71. The van der Waals surface area contributed by atoms with Crippen molar-refractivity contribution >= 4 is 62.5 Å². The Morgan fingerprint density at radius 3 is 2.54 bits per heavy atom. The van der Waals surface area contributed by atoms with Crippen molar-refractivity contribution < 1.29 is 33.4 Å². The molecule has 1 aliphatic rings. The highest BCUT2D eigenvalue weighted by Crippen LogP contribution is 2.35. The average Bonchev–Trinajstić information content (AvgIpc) is 3.11. The molecule has 11 heteroatoms. The molecule has 188 valence electrons. The molecule has 0 radical (unpaired) electrons. The van der Waals surface area contributed by atoms with Crippen LogP contribution in [-0.4, -0.2) is 39.6 Å². The molecule has 0 aromatic heterocycles. The summed E-state index contributed by atoms with van der Waals surface area (Å²) in [5, 5.41) is 10.9. The number of nitrogens with zero attached hydrogens (tertiary/aromatic N) is 1. The van der Waals surface area contributed by atoms with Crippen molar-refractivity contribution in [2.75, 3.05) is 11.9 Å². The van der Waals surface area contributed by atoms with Gasteiger partial charge in [-0.15, -0.1) is 0 Å². The summed E-state index contributed by atoms with van der Waals surface area (Å²) in [4.78, 5) is 49.7. The summed E-state index contributed by atoms with van der Waals surface area (Å²) in [5.74, 6) is -2.41. The van der Waals surface area contributed by atoms with E-state index in [0.29, 0.717) is 27.5 Å². The number of hydrogen-bond acceptors (Lipinski definition) is 6. The van der Waals surface area contributed by atoms with Crippen LogP contribution < -0.4 is 10.1 Å². The number of nitrogens with one attached hydrogen (secondary N) is 1. The van der Waals surface area contributed by atoms with Gasteiger partial charge in [-0.3, -0.25) is 19.3 Å². The van der Waals surface area contributed by atoms with E-state index in [9.17, 15) is 23.6 Å². The van der Waals surface area contributed by atoms with Gasteiger partial charge in [0.05, 0.1) is 10.5 Å². The molecule has 1 heterocycles. The second kappa shape index (κ2) is 11.4. The highest BCUT2D eigenvalue weighted by molar-refractivity contribution is 9.10. The van der Waals surface area contributed by atoms with Crippen molar-refractivity contribution in [3.8, 4) is 5.75 Å². The number of carboxylic acid groups (broad SMARTS) is 1. The van der Waals surface area contributed by atoms with Crippen LogP contribution in [0.5, 0.6) is 5.75 Å². The molecule has 3 aromatic carbocycles. The number of ether oxygens (including phenoxy) is 1. The van der Waals surface area contributed by atoms with Crippen molar-refractivity contribution in [2.45, 2.75) is 6.61 Å². The monoisotopic (exact) mass is 584 g/mol. The predicted molar refractivity (Wildman–Crippen MR) is 140 cm³/mol. The molecule has 4 rings (SSSR count). The van der Waals surface area contributed by atoms with Crippen LogP contribution in [0, 0.1) is 5.82 Å². The Balaban J connectivity index is 1.47. The van der Waals surface area contributed by atoms with E-state index in [1.54, 1.807) is 30.3 Å². The maximum absolute atomic E-state index is 13.3. The van der Waals surface area contributed by atoms with E-state index in [2.05, 4.69) is 21.2 Å². The number of amides is 3. The number of carboxylic acids is 1. The third-order valence-corrected chi connectivity index (χ3v) is 6.54. The molecule has 1 aliphatic heterocycles. The third kappa shape index (κ3) is 6.63. The maximum Gasteiger partial charge on any atom is 0.335 e. The lowest BCUT2D eigenvalue weighted by Gasteiger charge is -2.13. The second-order valence-electron chi connectivity index (χ2n) is 7.80. The first-order chi connectivity index (χ1) is 17.7. The lowest BCUT2D eigenvalue weighted by molar-refractivity contribution is -0.127. The molecule has 0 atom stereocenters. The number of aromatic carboxylic acids is 1. The summed E-state index contributed by atoms with van der Waals surface area (Å²) in [6.07, 6.45) is 1.50. The van der Waals surface area contributed by atoms with Crippen LogP contribution in [0.1, 0.15) is 21.5 Å². The van der Waals surface area contributed by atoms with Gasteiger partial charge in [0, 0.05) is 15.7 Å². The van der Waals surface area contributed by atoms with Crippen LogP contribution in [0.15, 0.2) is 76.1 Å². The van der Waals surface area contributed by atoms with Crippen molar-refractivity contribution in [1.82, 2.24) is 4.90 Å². The number of carbonyl (C=O) groups excluding carboxylic acids is 3. The molecule has 1 saturated heterocycles. The van der Waals surface area contributed by atoms with Crippen LogP contribution in [-0.2, 0) is 16.2 Å². The standard InChI is InChI=1S/C26H18BrFN2O6S/c27-18-8-9-21(36-14-15-4-6-16(7-5-15)25(33)34)17(10-18)11-22-24(32)30(26(35)37-22)13-23(31)29-20-3-1-2-19(28)12-20/h1-12H,13-14H2,(H,29,31)(H,33,34)/b22-11+. The summed E-state index contributed by atoms with van der Waals surface area (Å²) in [6.45, 7) is -0.378. The minimum Gasteiger partial charge on any atom is -0.488 e. The molecular formula is C26H18BrFN2O6S. The summed E-state index contributed by atoms with van der Waals surface area (Å²) >= 11 is 4.08. The van der Waals surface area contributed by atoms with E-state index in [1.165, 1.54) is 36.4 Å². The average molecular weight is 585 g/mol. The number of halogens is 2. The zero-order valence-electron chi connectivity index (χ0n) is 18.9. The van der Waals surface area contributed by atoms with Gasteiger partial charge in [-0.2, -0.15) is 0 Å². The number of thioether (sulfide) groups is 1. The van der Waals surface area contributed by atoms with Crippen LogP contribution in [0.4, 0.5) is 14.9 Å². The molecule has 3 aromatic rings. The maximum atomic E-state index is 13.3. The zero-order chi connectivity index (χ0) is 26.5. The third-order valence-electron chi connectivity index (χ3n) is 5.14. The van der Waals surface area contributed by atoms with E-state index in [0.717, 1.165) is 16.5 Å². The highest BCUT2D eigenvalue weighted by Gasteiger charge is 2.36. The van der Waals surface area contributed by atoms with E-state index < -0.39 is 35.4 Å². The topological polar surface area (TPSA) is 113 Å². The molecular weight excluding hydrogens is 567 g/mol. The largest absolute Gasteiger partial charge is 0.488 e. The summed E-state index contributed by atoms with van der Waals surface area (Å²) < 4.78 is 20.0. The van der Waals surface area contributed by atoms with E-state index in [1.807, 2.05) is 0 Å². The van der Waals surface area contributed by atoms with Crippen molar-refractivity contribution in [3.05, 3.63) is 98.6 Å². The van der Waals surface area contributed by atoms with Crippen LogP contribution in [0.2, 0.25) is 0 Å². The first kappa shape index (κ1) is 26.1. The van der Waals surface area contributed by atoms with E-state index in [4.69, 9.17) is 9.84 Å². The first-order valence-corrected chi connectivity index (χ1v) is 12.4. The van der Waals surface area contributed by atoms with Gasteiger partial charge in [0.25, 0.3) is 11.1 Å².